The Hall–Kier alpha value is -3.12. The van der Waals surface area contributed by atoms with Crippen LogP contribution >= 0.6 is 11.6 Å². The molecule has 0 aliphatic carbocycles. The molecule has 0 amide bonds. The molecule has 3 aromatic rings. The molecule has 0 unspecified atom stereocenters. The highest BCUT2D eigenvalue weighted by Crippen LogP contribution is 2.22. The first kappa shape index (κ1) is 22.6. The van der Waals surface area contributed by atoms with E-state index in [1.807, 2.05) is 43.3 Å². The van der Waals surface area contributed by atoms with Crippen molar-refractivity contribution in [2.75, 3.05) is 0 Å². The Balaban J connectivity index is 1.80. The summed E-state index contributed by atoms with van der Waals surface area (Å²) in [4.78, 5) is 17.8. The zero-order chi connectivity index (χ0) is 22.6. The molecule has 2 N–H and O–H groups in total. The van der Waals surface area contributed by atoms with Gasteiger partial charge in [-0.3, -0.25) is 0 Å². The Bertz CT molecular complexity index is 1080. The van der Waals surface area contributed by atoms with Crippen molar-refractivity contribution >= 4 is 23.4 Å². The van der Waals surface area contributed by atoms with Gasteiger partial charge in [0.1, 0.15) is 5.56 Å². The van der Waals surface area contributed by atoms with Gasteiger partial charge in [-0.25, -0.2) is 9.48 Å². The average molecular weight is 439 g/mol. The van der Waals surface area contributed by atoms with E-state index in [1.165, 1.54) is 11.8 Å². The fourth-order valence-corrected chi connectivity index (χ4v) is 3.29. The lowest BCUT2D eigenvalue weighted by molar-refractivity contribution is 0.0514. The molecule has 2 aromatic carbocycles. The number of oxime groups is 1. The monoisotopic (exact) mass is 438 g/mol. The summed E-state index contributed by atoms with van der Waals surface area (Å²) in [5.74, 6) is -0.464. The summed E-state index contributed by atoms with van der Waals surface area (Å²) in [5, 5.41) is 8.85. The van der Waals surface area contributed by atoms with E-state index in [0.717, 1.165) is 17.8 Å². The molecular formula is C24H27ClN4O2. The van der Waals surface area contributed by atoms with Gasteiger partial charge in [0.05, 0.1) is 17.6 Å². The van der Waals surface area contributed by atoms with Crippen LogP contribution in [-0.2, 0) is 16.7 Å². The first-order valence-corrected chi connectivity index (χ1v) is 10.6. The zero-order valence-corrected chi connectivity index (χ0v) is 19.0. The number of carbonyl (C=O) groups excluding carboxylic acids is 1. The van der Waals surface area contributed by atoms with Crippen molar-refractivity contribution in [3.8, 4) is 5.69 Å². The van der Waals surface area contributed by atoms with Gasteiger partial charge in [0, 0.05) is 10.6 Å². The molecule has 6 nitrogen and oxygen atoms in total. The molecule has 0 bridgehead atoms. The summed E-state index contributed by atoms with van der Waals surface area (Å²) in [7, 11) is 0. The Morgan fingerprint density at radius 3 is 2.35 bits per heavy atom. The van der Waals surface area contributed by atoms with Crippen LogP contribution < -0.4 is 5.73 Å². The average Bonchev–Trinajstić information content (AvgIpc) is 3.16. The second-order valence-electron chi connectivity index (χ2n) is 8.33. The van der Waals surface area contributed by atoms with Crippen LogP contribution in [0.25, 0.3) is 5.69 Å². The Kier molecular flexibility index (Phi) is 6.81. The van der Waals surface area contributed by atoms with E-state index >= 15 is 0 Å². The molecule has 0 atom stereocenters. The molecule has 31 heavy (non-hydrogen) atoms. The predicted octanol–water partition coefficient (Wildman–Crippen LogP) is 5.25. The fraction of sp³-hybridized carbons (Fsp3) is 0.292. The second-order valence-corrected chi connectivity index (χ2v) is 8.76. The first-order chi connectivity index (χ1) is 14.7. The minimum Gasteiger partial charge on any atom is -0.380 e. The van der Waals surface area contributed by atoms with Crippen LogP contribution in [0.5, 0.6) is 0 Å². The molecule has 0 radical (unpaired) electrons. The zero-order valence-electron chi connectivity index (χ0n) is 18.2. The predicted molar refractivity (Wildman–Crippen MR) is 124 cm³/mol. The Labute approximate surface area is 187 Å². The van der Waals surface area contributed by atoms with Crippen LogP contribution in [0.1, 0.15) is 61.3 Å². The number of aromatic nitrogens is 2. The highest BCUT2D eigenvalue weighted by molar-refractivity contribution is 6.30. The van der Waals surface area contributed by atoms with E-state index in [-0.39, 0.29) is 11.3 Å². The molecule has 162 valence electrons. The van der Waals surface area contributed by atoms with E-state index in [9.17, 15) is 4.79 Å². The van der Waals surface area contributed by atoms with Crippen molar-refractivity contribution in [2.24, 2.45) is 10.9 Å². The highest BCUT2D eigenvalue weighted by atomic mass is 35.5. The van der Waals surface area contributed by atoms with Crippen LogP contribution in [0.4, 0.5) is 0 Å². The summed E-state index contributed by atoms with van der Waals surface area (Å²) >= 11 is 5.98. The minimum absolute atomic E-state index is 0.0385. The van der Waals surface area contributed by atoms with Crippen LogP contribution in [-0.4, -0.2) is 21.6 Å². The van der Waals surface area contributed by atoms with E-state index in [4.69, 9.17) is 22.2 Å². The molecule has 0 aliphatic rings. The van der Waals surface area contributed by atoms with Crippen LogP contribution in [0, 0.1) is 0 Å². The lowest BCUT2D eigenvalue weighted by Gasteiger charge is -2.18. The number of benzene rings is 2. The summed E-state index contributed by atoms with van der Waals surface area (Å²) in [6.07, 6.45) is 2.98. The van der Waals surface area contributed by atoms with Crippen molar-refractivity contribution in [2.45, 2.75) is 46.0 Å². The Morgan fingerprint density at radius 1 is 1.13 bits per heavy atom. The number of rotatable bonds is 6. The van der Waals surface area contributed by atoms with Crippen molar-refractivity contribution in [3.05, 3.63) is 82.1 Å². The molecule has 7 heteroatoms. The SMILES string of the molecule is CCCc1c(C(=O)ON=C(N)c2ccc(C(C)(C)C)cc2)cnn1-c1ccc(Cl)cc1. The first-order valence-electron chi connectivity index (χ1n) is 10.2. The van der Waals surface area contributed by atoms with Crippen molar-refractivity contribution in [1.82, 2.24) is 9.78 Å². The van der Waals surface area contributed by atoms with Crippen LogP contribution in [0.2, 0.25) is 5.02 Å². The summed E-state index contributed by atoms with van der Waals surface area (Å²) in [6, 6.07) is 15.0. The van der Waals surface area contributed by atoms with E-state index < -0.39 is 5.97 Å². The van der Waals surface area contributed by atoms with Crippen molar-refractivity contribution in [3.63, 3.8) is 0 Å². The maximum Gasteiger partial charge on any atom is 0.369 e. The largest absolute Gasteiger partial charge is 0.380 e. The third-order valence-electron chi connectivity index (χ3n) is 4.92. The van der Waals surface area contributed by atoms with Crippen molar-refractivity contribution < 1.29 is 9.63 Å². The van der Waals surface area contributed by atoms with Crippen LogP contribution in [0.3, 0.4) is 0 Å². The molecule has 0 aliphatic heterocycles. The summed E-state index contributed by atoms with van der Waals surface area (Å²) in [6.45, 7) is 8.45. The van der Waals surface area contributed by atoms with Gasteiger partial charge in [0.25, 0.3) is 0 Å². The van der Waals surface area contributed by atoms with Gasteiger partial charge in [0.2, 0.25) is 0 Å². The Morgan fingerprint density at radius 2 is 1.77 bits per heavy atom. The summed E-state index contributed by atoms with van der Waals surface area (Å²) in [5.41, 5.74) is 9.85. The van der Waals surface area contributed by atoms with Gasteiger partial charge in [-0.2, -0.15) is 5.10 Å². The van der Waals surface area contributed by atoms with Gasteiger partial charge >= 0.3 is 5.97 Å². The third-order valence-corrected chi connectivity index (χ3v) is 5.17. The smallest absolute Gasteiger partial charge is 0.369 e. The quantitative estimate of drug-likeness (QED) is 0.246. The maximum absolute atomic E-state index is 12.7. The molecule has 1 aromatic heterocycles. The van der Waals surface area contributed by atoms with Gasteiger partial charge in [-0.15, -0.1) is 0 Å². The number of amidine groups is 1. The van der Waals surface area contributed by atoms with Gasteiger partial charge in [-0.05, 0) is 41.7 Å². The standard InChI is InChI=1S/C24H27ClN4O2/c1-5-6-21-20(15-27-29(21)19-13-11-18(25)12-14-19)23(30)31-28-22(26)16-7-9-17(10-8-16)24(2,3)4/h7-15H,5-6H2,1-4H3,(H2,26,28). The lowest BCUT2D eigenvalue weighted by atomic mass is 9.87. The summed E-state index contributed by atoms with van der Waals surface area (Å²) < 4.78 is 1.72. The molecule has 0 fully saturated rings. The number of hydrogen-bond acceptors (Lipinski definition) is 4. The topological polar surface area (TPSA) is 82.5 Å². The molecule has 1 heterocycles. The number of nitrogens with zero attached hydrogens (tertiary/aromatic N) is 3. The van der Waals surface area contributed by atoms with Gasteiger partial charge < -0.3 is 10.6 Å². The number of carbonyl (C=O) groups is 1. The van der Waals surface area contributed by atoms with Crippen LogP contribution in [0.15, 0.2) is 59.9 Å². The normalized spacial score (nSPS) is 12.1. The number of nitrogens with two attached hydrogens (primary N) is 1. The minimum atomic E-state index is -0.599. The number of halogens is 1. The second kappa shape index (κ2) is 9.35. The van der Waals surface area contributed by atoms with E-state index in [2.05, 4.69) is 31.0 Å². The highest BCUT2D eigenvalue weighted by Gasteiger charge is 2.20. The molecule has 0 saturated heterocycles. The third kappa shape index (κ3) is 5.33. The molecule has 3 rings (SSSR count). The van der Waals surface area contributed by atoms with Crippen molar-refractivity contribution in [1.29, 1.82) is 0 Å². The maximum atomic E-state index is 12.7. The molecular weight excluding hydrogens is 412 g/mol. The van der Waals surface area contributed by atoms with Gasteiger partial charge in [0.15, 0.2) is 5.84 Å². The molecule has 0 saturated carbocycles. The molecule has 0 spiro atoms. The lowest BCUT2D eigenvalue weighted by Crippen LogP contribution is -2.17. The van der Waals surface area contributed by atoms with Gasteiger partial charge in [-0.1, -0.05) is 75.1 Å². The van der Waals surface area contributed by atoms with E-state index in [0.29, 0.717) is 22.6 Å². The van der Waals surface area contributed by atoms with E-state index in [1.54, 1.807) is 16.8 Å². The number of hydrogen-bond donors (Lipinski definition) is 1. The fourth-order valence-electron chi connectivity index (χ4n) is 3.16.